The van der Waals surface area contributed by atoms with Crippen LogP contribution in [0, 0.1) is 19.8 Å². The number of nitrogens with one attached hydrogen (secondary N) is 2. The molecule has 1 aromatic rings. The third-order valence-corrected chi connectivity index (χ3v) is 4.04. The quantitative estimate of drug-likeness (QED) is 0.835. The topological polar surface area (TPSA) is 49.9 Å². The highest BCUT2D eigenvalue weighted by Gasteiger charge is 2.40. The standard InChI is InChI=1S/C13H21N3O/c1-8-11(9(2)16-15-8)7-14-12-5-6-17-13(12)10-3-4-10/h10,12-14H,3-7H2,1-2H3,(H,15,16). The molecule has 2 fully saturated rings. The second-order valence-electron chi connectivity index (χ2n) is 5.36. The van der Waals surface area contributed by atoms with Crippen LogP contribution in [0.2, 0.25) is 0 Å². The van der Waals surface area contributed by atoms with Crippen molar-refractivity contribution in [1.29, 1.82) is 0 Å². The zero-order valence-corrected chi connectivity index (χ0v) is 10.6. The number of nitrogens with zero attached hydrogens (tertiary/aromatic N) is 1. The van der Waals surface area contributed by atoms with Crippen LogP contribution in [0.3, 0.4) is 0 Å². The monoisotopic (exact) mass is 235 g/mol. The van der Waals surface area contributed by atoms with E-state index in [0.717, 1.165) is 31.2 Å². The predicted molar refractivity (Wildman–Crippen MR) is 65.8 cm³/mol. The van der Waals surface area contributed by atoms with Crippen LogP contribution in [0.1, 0.15) is 36.2 Å². The van der Waals surface area contributed by atoms with Gasteiger partial charge in [-0.05, 0) is 39.0 Å². The van der Waals surface area contributed by atoms with E-state index in [1.54, 1.807) is 0 Å². The highest BCUT2D eigenvalue weighted by Crippen LogP contribution is 2.38. The third-order valence-electron chi connectivity index (χ3n) is 4.04. The highest BCUT2D eigenvalue weighted by atomic mass is 16.5. The van der Waals surface area contributed by atoms with E-state index in [1.165, 1.54) is 24.1 Å². The number of hydrogen-bond donors (Lipinski definition) is 2. The Labute approximate surface area is 102 Å². The van der Waals surface area contributed by atoms with Gasteiger partial charge in [-0.1, -0.05) is 0 Å². The van der Waals surface area contributed by atoms with Gasteiger partial charge >= 0.3 is 0 Å². The largest absolute Gasteiger partial charge is 0.376 e. The van der Waals surface area contributed by atoms with Crippen molar-refractivity contribution in [2.45, 2.75) is 51.8 Å². The third kappa shape index (κ3) is 2.24. The van der Waals surface area contributed by atoms with Crippen LogP contribution in [-0.2, 0) is 11.3 Å². The predicted octanol–water partition coefficient (Wildman–Crippen LogP) is 1.68. The van der Waals surface area contributed by atoms with Gasteiger partial charge in [0.2, 0.25) is 0 Å². The van der Waals surface area contributed by atoms with Crippen molar-refractivity contribution in [1.82, 2.24) is 15.5 Å². The number of aromatic amines is 1. The normalized spacial score (nSPS) is 28.8. The molecule has 0 spiro atoms. The Kier molecular flexibility index (Phi) is 2.92. The first-order valence-corrected chi connectivity index (χ1v) is 6.61. The lowest BCUT2D eigenvalue weighted by atomic mass is 10.1. The first-order chi connectivity index (χ1) is 8.25. The Balaban J connectivity index is 1.60. The first kappa shape index (κ1) is 11.2. The summed E-state index contributed by atoms with van der Waals surface area (Å²) >= 11 is 0. The second-order valence-corrected chi connectivity index (χ2v) is 5.36. The van der Waals surface area contributed by atoms with Crippen molar-refractivity contribution >= 4 is 0 Å². The molecule has 2 heterocycles. The molecule has 1 saturated heterocycles. The minimum Gasteiger partial charge on any atom is -0.376 e. The van der Waals surface area contributed by atoms with Gasteiger partial charge in [-0.2, -0.15) is 5.10 Å². The molecular weight excluding hydrogens is 214 g/mol. The summed E-state index contributed by atoms with van der Waals surface area (Å²) in [5.41, 5.74) is 3.60. The molecule has 0 bridgehead atoms. The minimum absolute atomic E-state index is 0.461. The second kappa shape index (κ2) is 4.42. The highest BCUT2D eigenvalue weighted by molar-refractivity contribution is 5.22. The van der Waals surface area contributed by atoms with Gasteiger partial charge in [-0.3, -0.25) is 5.10 Å². The maximum atomic E-state index is 5.83. The summed E-state index contributed by atoms with van der Waals surface area (Å²) in [7, 11) is 0. The Hall–Kier alpha value is -0.870. The van der Waals surface area contributed by atoms with Gasteiger partial charge in [0.25, 0.3) is 0 Å². The Morgan fingerprint density at radius 1 is 1.35 bits per heavy atom. The fraction of sp³-hybridized carbons (Fsp3) is 0.769. The van der Waals surface area contributed by atoms with Gasteiger partial charge in [-0.25, -0.2) is 0 Å². The minimum atomic E-state index is 0.461. The molecule has 0 amide bonds. The summed E-state index contributed by atoms with van der Waals surface area (Å²) in [6.45, 7) is 5.97. The van der Waals surface area contributed by atoms with Crippen molar-refractivity contribution in [3.05, 3.63) is 17.0 Å². The summed E-state index contributed by atoms with van der Waals surface area (Å²) in [5.74, 6) is 0.821. The fourth-order valence-electron chi connectivity index (χ4n) is 2.79. The molecule has 3 rings (SSSR count). The van der Waals surface area contributed by atoms with Gasteiger partial charge in [0.15, 0.2) is 0 Å². The molecule has 2 unspecified atom stereocenters. The molecule has 17 heavy (non-hydrogen) atoms. The van der Waals surface area contributed by atoms with Crippen molar-refractivity contribution in [2.24, 2.45) is 5.92 Å². The molecule has 0 radical (unpaired) electrons. The lowest BCUT2D eigenvalue weighted by Crippen LogP contribution is -2.37. The molecule has 1 aliphatic heterocycles. The van der Waals surface area contributed by atoms with Crippen LogP contribution in [0.25, 0.3) is 0 Å². The molecule has 4 heteroatoms. The molecule has 94 valence electrons. The number of aryl methyl sites for hydroxylation is 2. The van der Waals surface area contributed by atoms with Gasteiger partial charge in [0.1, 0.15) is 0 Å². The van der Waals surface area contributed by atoms with Crippen LogP contribution in [0.15, 0.2) is 0 Å². The smallest absolute Gasteiger partial charge is 0.0757 e. The summed E-state index contributed by atoms with van der Waals surface area (Å²) in [6, 6.07) is 0.538. The number of rotatable bonds is 4. The molecule has 2 atom stereocenters. The average Bonchev–Trinajstić information content (AvgIpc) is 2.98. The van der Waals surface area contributed by atoms with E-state index in [1.807, 2.05) is 0 Å². The van der Waals surface area contributed by atoms with E-state index in [0.29, 0.717) is 12.1 Å². The van der Waals surface area contributed by atoms with Crippen LogP contribution in [0.4, 0.5) is 0 Å². The van der Waals surface area contributed by atoms with Crippen LogP contribution < -0.4 is 5.32 Å². The molecule has 1 aliphatic carbocycles. The molecule has 2 aliphatic rings. The Morgan fingerprint density at radius 3 is 2.82 bits per heavy atom. The van der Waals surface area contributed by atoms with Crippen LogP contribution in [0.5, 0.6) is 0 Å². The molecule has 1 aromatic heterocycles. The van der Waals surface area contributed by atoms with E-state index >= 15 is 0 Å². The lowest BCUT2D eigenvalue weighted by Gasteiger charge is -2.19. The Bertz CT molecular complexity index is 378. The van der Waals surface area contributed by atoms with Gasteiger partial charge in [-0.15, -0.1) is 0 Å². The number of H-pyrrole nitrogens is 1. The Morgan fingerprint density at radius 2 is 2.18 bits per heavy atom. The zero-order chi connectivity index (χ0) is 11.8. The number of hydrogen-bond acceptors (Lipinski definition) is 3. The zero-order valence-electron chi connectivity index (χ0n) is 10.6. The van der Waals surface area contributed by atoms with Crippen molar-refractivity contribution in [2.75, 3.05) is 6.61 Å². The van der Waals surface area contributed by atoms with Crippen molar-refractivity contribution in [3.8, 4) is 0 Å². The molecule has 1 saturated carbocycles. The van der Waals surface area contributed by atoms with Gasteiger partial charge in [0.05, 0.1) is 11.8 Å². The van der Waals surface area contributed by atoms with Crippen LogP contribution >= 0.6 is 0 Å². The SMILES string of the molecule is Cc1n[nH]c(C)c1CNC1CCOC1C1CC1. The molecule has 2 N–H and O–H groups in total. The molecular formula is C13H21N3O. The van der Waals surface area contributed by atoms with Crippen LogP contribution in [-0.4, -0.2) is 29.0 Å². The van der Waals surface area contributed by atoms with E-state index < -0.39 is 0 Å². The maximum absolute atomic E-state index is 5.83. The summed E-state index contributed by atoms with van der Waals surface area (Å²) in [5, 5.41) is 10.9. The molecule has 0 aromatic carbocycles. The van der Waals surface area contributed by atoms with E-state index in [2.05, 4.69) is 29.4 Å². The number of ether oxygens (including phenoxy) is 1. The maximum Gasteiger partial charge on any atom is 0.0757 e. The van der Waals surface area contributed by atoms with Crippen molar-refractivity contribution < 1.29 is 4.74 Å². The fourth-order valence-corrected chi connectivity index (χ4v) is 2.79. The van der Waals surface area contributed by atoms with Crippen molar-refractivity contribution in [3.63, 3.8) is 0 Å². The van der Waals surface area contributed by atoms with E-state index in [4.69, 9.17) is 4.74 Å². The van der Waals surface area contributed by atoms with E-state index in [-0.39, 0.29) is 0 Å². The van der Waals surface area contributed by atoms with E-state index in [9.17, 15) is 0 Å². The first-order valence-electron chi connectivity index (χ1n) is 6.61. The van der Waals surface area contributed by atoms with Gasteiger partial charge in [0, 0.05) is 30.5 Å². The van der Waals surface area contributed by atoms with Gasteiger partial charge < -0.3 is 10.1 Å². The summed E-state index contributed by atoms with van der Waals surface area (Å²) < 4.78 is 5.83. The lowest BCUT2D eigenvalue weighted by molar-refractivity contribution is 0.0808. The summed E-state index contributed by atoms with van der Waals surface area (Å²) in [6.07, 6.45) is 4.32. The molecule has 4 nitrogen and oxygen atoms in total. The average molecular weight is 235 g/mol. The summed E-state index contributed by atoms with van der Waals surface area (Å²) in [4.78, 5) is 0. The number of aromatic nitrogens is 2.